The average Bonchev–Trinajstić information content (AvgIpc) is 2.77. The van der Waals surface area contributed by atoms with Crippen LogP contribution in [0, 0.1) is 0 Å². The summed E-state index contributed by atoms with van der Waals surface area (Å²) in [6, 6.07) is 15.1. The SMILES string of the molecule is COCCNC(=NCC(=O)N(C)C)N1CCN(Cc2cccc3ccccc23)CC1.I. The van der Waals surface area contributed by atoms with E-state index in [1.54, 1.807) is 26.1 Å². The van der Waals surface area contributed by atoms with Crippen LogP contribution in [0.5, 0.6) is 0 Å². The zero-order valence-corrected chi connectivity index (χ0v) is 21.0. The Kier molecular flexibility index (Phi) is 10.5. The molecular weight excluding hydrogens is 505 g/mol. The summed E-state index contributed by atoms with van der Waals surface area (Å²) in [7, 11) is 5.18. The Bertz CT molecular complexity index is 861. The molecule has 2 aromatic carbocycles. The molecule has 1 heterocycles. The highest BCUT2D eigenvalue weighted by atomic mass is 127. The fourth-order valence-corrected chi connectivity index (χ4v) is 3.61. The molecule has 1 saturated heterocycles. The van der Waals surface area contributed by atoms with E-state index in [0.717, 1.165) is 38.7 Å². The lowest BCUT2D eigenvalue weighted by molar-refractivity contribution is -0.127. The number of nitrogens with one attached hydrogen (secondary N) is 1. The normalized spacial score (nSPS) is 14.9. The van der Waals surface area contributed by atoms with Crippen LogP contribution in [0.4, 0.5) is 0 Å². The topological polar surface area (TPSA) is 60.4 Å². The number of methoxy groups -OCH3 is 1. The average molecular weight is 539 g/mol. The first-order valence-electron chi connectivity index (χ1n) is 10.5. The van der Waals surface area contributed by atoms with Gasteiger partial charge in [0, 0.05) is 60.5 Å². The highest BCUT2D eigenvalue weighted by Gasteiger charge is 2.20. The molecule has 2 aromatic rings. The predicted octanol–water partition coefficient (Wildman–Crippen LogP) is 2.26. The summed E-state index contributed by atoms with van der Waals surface area (Å²) >= 11 is 0. The Morgan fingerprint density at radius 1 is 1.10 bits per heavy atom. The van der Waals surface area contributed by atoms with E-state index in [0.29, 0.717) is 13.2 Å². The molecule has 0 aliphatic carbocycles. The molecule has 1 N–H and O–H groups in total. The Balaban J connectivity index is 0.00000341. The number of amides is 1. The number of hydrogen-bond donors (Lipinski definition) is 1. The zero-order chi connectivity index (χ0) is 21.3. The number of guanidine groups is 1. The second-order valence-corrected chi connectivity index (χ2v) is 7.75. The van der Waals surface area contributed by atoms with Crippen LogP contribution in [0.15, 0.2) is 47.5 Å². The fraction of sp³-hybridized carbons (Fsp3) is 0.478. The molecule has 0 atom stereocenters. The standard InChI is InChI=1S/C23H33N5O2.HI/c1-26(2)22(29)17-25-23(24-11-16-30-3)28-14-12-27(13-15-28)18-20-9-6-8-19-7-4-5-10-21(19)20;/h4-10H,11-18H2,1-3H3,(H,24,25);1H. The van der Waals surface area contributed by atoms with E-state index in [1.807, 2.05) is 0 Å². The summed E-state index contributed by atoms with van der Waals surface area (Å²) in [6.07, 6.45) is 0. The van der Waals surface area contributed by atoms with Crippen molar-refractivity contribution in [1.29, 1.82) is 0 Å². The van der Waals surface area contributed by atoms with Crippen molar-refractivity contribution < 1.29 is 9.53 Å². The maximum Gasteiger partial charge on any atom is 0.243 e. The molecule has 0 bridgehead atoms. The van der Waals surface area contributed by atoms with Crippen molar-refractivity contribution in [1.82, 2.24) is 20.0 Å². The van der Waals surface area contributed by atoms with Crippen LogP contribution in [-0.2, 0) is 16.1 Å². The van der Waals surface area contributed by atoms with Gasteiger partial charge in [-0.3, -0.25) is 9.69 Å². The Morgan fingerprint density at radius 3 is 2.52 bits per heavy atom. The highest BCUT2D eigenvalue weighted by Crippen LogP contribution is 2.20. The van der Waals surface area contributed by atoms with Crippen molar-refractivity contribution in [3.63, 3.8) is 0 Å². The molecule has 1 aliphatic rings. The second-order valence-electron chi connectivity index (χ2n) is 7.75. The first-order valence-corrected chi connectivity index (χ1v) is 10.5. The number of halogens is 1. The van der Waals surface area contributed by atoms with Gasteiger partial charge in [-0.05, 0) is 16.3 Å². The van der Waals surface area contributed by atoms with Crippen LogP contribution in [0.2, 0.25) is 0 Å². The van der Waals surface area contributed by atoms with E-state index >= 15 is 0 Å². The number of piperazine rings is 1. The van der Waals surface area contributed by atoms with Gasteiger partial charge in [-0.15, -0.1) is 24.0 Å². The van der Waals surface area contributed by atoms with Gasteiger partial charge in [0.2, 0.25) is 5.91 Å². The molecule has 0 spiro atoms. The monoisotopic (exact) mass is 539 g/mol. The number of hydrogen-bond acceptors (Lipinski definition) is 4. The van der Waals surface area contributed by atoms with Gasteiger partial charge in [0.15, 0.2) is 5.96 Å². The first kappa shape index (κ1) is 25.4. The van der Waals surface area contributed by atoms with E-state index in [2.05, 4.69) is 62.6 Å². The molecule has 0 unspecified atom stereocenters. The highest BCUT2D eigenvalue weighted by molar-refractivity contribution is 14.0. The lowest BCUT2D eigenvalue weighted by Gasteiger charge is -2.36. The molecule has 170 valence electrons. The summed E-state index contributed by atoms with van der Waals surface area (Å²) < 4.78 is 5.14. The van der Waals surface area contributed by atoms with E-state index in [1.165, 1.54) is 16.3 Å². The molecule has 0 radical (unpaired) electrons. The maximum absolute atomic E-state index is 12.0. The second kappa shape index (κ2) is 12.8. The minimum Gasteiger partial charge on any atom is -0.383 e. The molecule has 0 saturated carbocycles. The summed E-state index contributed by atoms with van der Waals surface area (Å²) in [6.45, 7) is 6.02. The number of aliphatic imine (C=N–C) groups is 1. The minimum atomic E-state index is -0.00404. The molecule has 0 aromatic heterocycles. The van der Waals surface area contributed by atoms with Crippen LogP contribution in [0.1, 0.15) is 5.56 Å². The van der Waals surface area contributed by atoms with Crippen molar-refractivity contribution in [2.24, 2.45) is 4.99 Å². The van der Waals surface area contributed by atoms with Crippen molar-refractivity contribution in [2.45, 2.75) is 6.54 Å². The van der Waals surface area contributed by atoms with E-state index < -0.39 is 0 Å². The van der Waals surface area contributed by atoms with Crippen LogP contribution >= 0.6 is 24.0 Å². The Labute approximate surface area is 202 Å². The van der Waals surface area contributed by atoms with Gasteiger partial charge in [0.05, 0.1) is 6.61 Å². The van der Waals surface area contributed by atoms with Gasteiger partial charge in [0.1, 0.15) is 6.54 Å². The number of carbonyl (C=O) groups is 1. The van der Waals surface area contributed by atoms with Gasteiger partial charge in [-0.2, -0.15) is 0 Å². The third-order valence-corrected chi connectivity index (χ3v) is 5.40. The molecule has 31 heavy (non-hydrogen) atoms. The van der Waals surface area contributed by atoms with Crippen LogP contribution < -0.4 is 5.32 Å². The summed E-state index contributed by atoms with van der Waals surface area (Å²) in [4.78, 5) is 22.8. The molecule has 1 aliphatic heterocycles. The van der Waals surface area contributed by atoms with Crippen molar-refractivity contribution in [3.8, 4) is 0 Å². The summed E-state index contributed by atoms with van der Waals surface area (Å²) in [5, 5.41) is 5.95. The van der Waals surface area contributed by atoms with Crippen molar-refractivity contribution in [2.75, 3.05) is 67.1 Å². The number of likely N-dealkylation sites (N-methyl/N-ethyl adjacent to an activating group) is 1. The number of fused-ring (bicyclic) bond motifs is 1. The van der Waals surface area contributed by atoms with Crippen LogP contribution in [0.3, 0.4) is 0 Å². The predicted molar refractivity (Wildman–Crippen MR) is 137 cm³/mol. The molecule has 7 nitrogen and oxygen atoms in total. The van der Waals surface area contributed by atoms with Gasteiger partial charge < -0.3 is 19.9 Å². The van der Waals surface area contributed by atoms with E-state index in [4.69, 9.17) is 4.74 Å². The largest absolute Gasteiger partial charge is 0.383 e. The number of rotatable bonds is 7. The number of ether oxygens (including phenoxy) is 1. The quantitative estimate of drug-likeness (QED) is 0.253. The van der Waals surface area contributed by atoms with Gasteiger partial charge in [-0.1, -0.05) is 42.5 Å². The molecule has 3 rings (SSSR count). The number of nitrogens with zero attached hydrogens (tertiary/aromatic N) is 4. The third kappa shape index (κ3) is 7.33. The van der Waals surface area contributed by atoms with Crippen LogP contribution in [0.25, 0.3) is 10.8 Å². The molecule has 1 fully saturated rings. The smallest absolute Gasteiger partial charge is 0.243 e. The lowest BCUT2D eigenvalue weighted by atomic mass is 10.0. The maximum atomic E-state index is 12.0. The van der Waals surface area contributed by atoms with E-state index in [-0.39, 0.29) is 36.4 Å². The van der Waals surface area contributed by atoms with E-state index in [9.17, 15) is 4.79 Å². The summed E-state index contributed by atoms with van der Waals surface area (Å²) in [5.74, 6) is 0.780. The minimum absolute atomic E-state index is 0. The fourth-order valence-electron chi connectivity index (χ4n) is 3.61. The Hall–Kier alpha value is -1.91. The molecule has 8 heteroatoms. The van der Waals surface area contributed by atoms with Crippen molar-refractivity contribution in [3.05, 3.63) is 48.0 Å². The molecule has 1 amide bonds. The number of carbonyl (C=O) groups excluding carboxylic acids is 1. The molecular formula is C23H34IN5O2. The first-order chi connectivity index (χ1) is 14.6. The zero-order valence-electron chi connectivity index (χ0n) is 18.7. The van der Waals surface area contributed by atoms with Crippen LogP contribution in [-0.4, -0.2) is 93.6 Å². The van der Waals surface area contributed by atoms with Gasteiger partial charge in [0.25, 0.3) is 0 Å². The summed E-state index contributed by atoms with van der Waals surface area (Å²) in [5.41, 5.74) is 1.37. The Morgan fingerprint density at radius 2 is 1.81 bits per heavy atom. The lowest BCUT2D eigenvalue weighted by Crippen LogP contribution is -2.52. The third-order valence-electron chi connectivity index (χ3n) is 5.40. The van der Waals surface area contributed by atoms with Crippen molar-refractivity contribution >= 4 is 46.6 Å². The van der Waals surface area contributed by atoms with Gasteiger partial charge in [-0.25, -0.2) is 4.99 Å². The van der Waals surface area contributed by atoms with Gasteiger partial charge >= 0.3 is 0 Å². The number of benzene rings is 2.